The fraction of sp³-hybridized carbons (Fsp3) is 0.619. The van der Waals surface area contributed by atoms with Crippen LogP contribution in [-0.4, -0.2) is 41.4 Å². The van der Waals surface area contributed by atoms with Gasteiger partial charge in [0.15, 0.2) is 0 Å². The van der Waals surface area contributed by atoms with Gasteiger partial charge in [-0.2, -0.15) is 0 Å². The average Bonchev–Trinajstić information content (AvgIpc) is 2.84. The molecule has 2 aliphatic carbocycles. The third-order valence-corrected chi connectivity index (χ3v) is 7.70. The third kappa shape index (κ3) is 3.15. The molecule has 2 saturated carbocycles. The number of carbonyl (C=O) groups excluding carboxylic acids is 2. The number of urea groups is 1. The van der Waals surface area contributed by atoms with Crippen molar-refractivity contribution < 1.29 is 22.8 Å². The van der Waals surface area contributed by atoms with Crippen LogP contribution in [0.3, 0.4) is 0 Å². The van der Waals surface area contributed by atoms with Crippen molar-refractivity contribution in [1.82, 2.24) is 10.2 Å². The van der Waals surface area contributed by atoms with Crippen molar-refractivity contribution in [3.63, 3.8) is 0 Å². The van der Waals surface area contributed by atoms with Crippen LogP contribution in [0.1, 0.15) is 44.1 Å². The molecular formula is C21H25ClF3N3O2. The monoisotopic (exact) mass is 443 g/mol. The molecule has 0 radical (unpaired) electrons. The van der Waals surface area contributed by atoms with E-state index in [1.165, 1.54) is 23.1 Å². The summed E-state index contributed by atoms with van der Waals surface area (Å²) in [5, 5.41) is 2.67. The van der Waals surface area contributed by atoms with Crippen molar-refractivity contribution in [2.75, 3.05) is 13.1 Å². The number of halogens is 4. The molecule has 4 rings (SSSR count). The van der Waals surface area contributed by atoms with Crippen LogP contribution < -0.4 is 11.1 Å². The molecule has 1 aromatic carbocycles. The SMILES string of the molecule is CC1([C@@H](c2ccc(F)c(Cl)c2)C2CC3CCC(C2)C3(F)F)C(=O)NCCN1C(N)=O. The normalized spacial score (nSPS) is 33.8. The highest BCUT2D eigenvalue weighted by Crippen LogP contribution is 2.59. The molecular weight excluding hydrogens is 419 g/mol. The Morgan fingerprint density at radius 2 is 1.93 bits per heavy atom. The first-order chi connectivity index (χ1) is 14.1. The van der Waals surface area contributed by atoms with Crippen molar-refractivity contribution in [3.05, 3.63) is 34.6 Å². The fourth-order valence-corrected chi connectivity index (χ4v) is 6.18. The van der Waals surface area contributed by atoms with Gasteiger partial charge in [-0.1, -0.05) is 17.7 Å². The van der Waals surface area contributed by atoms with Crippen LogP contribution in [0.25, 0.3) is 0 Å². The van der Waals surface area contributed by atoms with Crippen LogP contribution in [0.5, 0.6) is 0 Å². The van der Waals surface area contributed by atoms with Gasteiger partial charge in [0.1, 0.15) is 11.4 Å². The molecule has 1 saturated heterocycles. The predicted octanol–water partition coefficient (Wildman–Crippen LogP) is 3.90. The number of rotatable bonds is 3. The van der Waals surface area contributed by atoms with Crippen molar-refractivity contribution in [2.24, 2.45) is 23.5 Å². The van der Waals surface area contributed by atoms with Crippen LogP contribution in [0.15, 0.2) is 18.2 Å². The number of carbonyl (C=O) groups is 2. The van der Waals surface area contributed by atoms with Gasteiger partial charge in [0, 0.05) is 30.8 Å². The predicted molar refractivity (Wildman–Crippen MR) is 106 cm³/mol. The minimum absolute atomic E-state index is 0.118. The Morgan fingerprint density at radius 3 is 2.50 bits per heavy atom. The smallest absolute Gasteiger partial charge is 0.315 e. The van der Waals surface area contributed by atoms with Crippen LogP contribution >= 0.6 is 11.6 Å². The van der Waals surface area contributed by atoms with E-state index in [9.17, 15) is 22.8 Å². The van der Waals surface area contributed by atoms with E-state index >= 15 is 0 Å². The zero-order valence-electron chi connectivity index (χ0n) is 16.6. The molecule has 3 unspecified atom stereocenters. The Labute approximate surface area is 178 Å². The zero-order valence-corrected chi connectivity index (χ0v) is 17.4. The molecule has 164 valence electrons. The molecule has 3 amide bonds. The third-order valence-electron chi connectivity index (χ3n) is 7.41. The average molecular weight is 444 g/mol. The van der Waals surface area contributed by atoms with Gasteiger partial charge in [0.25, 0.3) is 5.92 Å². The quantitative estimate of drug-likeness (QED) is 0.743. The summed E-state index contributed by atoms with van der Waals surface area (Å²) in [6, 6.07) is 3.40. The standard InChI is InChI=1S/C21H25ClF3N3O2/c1-20(18(29)27-6-7-28(20)19(26)30)17(11-2-5-16(23)15(22)10-11)12-8-13-3-4-14(9-12)21(13,24)25/h2,5,10,12-14,17H,3-4,6-9H2,1H3,(H2,26,30)(H,27,29)/t12?,13?,14?,17-,20?/m0/s1. The second-order valence-corrected chi connectivity index (χ2v) is 9.33. The second-order valence-electron chi connectivity index (χ2n) is 8.92. The Kier molecular flexibility index (Phi) is 5.19. The number of fused-ring (bicyclic) bond motifs is 2. The Balaban J connectivity index is 1.83. The van der Waals surface area contributed by atoms with Gasteiger partial charge in [0.05, 0.1) is 5.02 Å². The lowest BCUT2D eigenvalue weighted by Gasteiger charge is -2.51. The number of hydrogen-bond donors (Lipinski definition) is 2. The topological polar surface area (TPSA) is 75.4 Å². The lowest BCUT2D eigenvalue weighted by atomic mass is 9.63. The lowest BCUT2D eigenvalue weighted by molar-refractivity contribution is -0.141. The van der Waals surface area contributed by atoms with E-state index < -0.39 is 47.0 Å². The Morgan fingerprint density at radius 1 is 1.30 bits per heavy atom. The first kappa shape index (κ1) is 21.3. The van der Waals surface area contributed by atoms with Crippen molar-refractivity contribution in [3.8, 4) is 0 Å². The van der Waals surface area contributed by atoms with Crippen molar-refractivity contribution in [2.45, 2.75) is 50.0 Å². The summed E-state index contributed by atoms with van der Waals surface area (Å²) in [7, 11) is 0. The summed E-state index contributed by atoms with van der Waals surface area (Å²) in [6.07, 6.45) is 1.32. The zero-order chi connectivity index (χ0) is 21.8. The molecule has 3 aliphatic rings. The van der Waals surface area contributed by atoms with Gasteiger partial charge >= 0.3 is 6.03 Å². The van der Waals surface area contributed by atoms with E-state index in [0.717, 1.165) is 0 Å². The number of primary amides is 1. The summed E-state index contributed by atoms with van der Waals surface area (Å²) in [4.78, 5) is 26.7. The first-order valence-corrected chi connectivity index (χ1v) is 10.6. The minimum atomic E-state index is -2.72. The highest BCUT2D eigenvalue weighted by molar-refractivity contribution is 6.30. The van der Waals surface area contributed by atoms with E-state index in [0.29, 0.717) is 18.4 Å². The van der Waals surface area contributed by atoms with Crippen LogP contribution in [0.2, 0.25) is 5.02 Å². The number of nitrogens with zero attached hydrogens (tertiary/aromatic N) is 1. The van der Waals surface area contributed by atoms with Gasteiger partial charge in [0.2, 0.25) is 5.91 Å². The maximum absolute atomic E-state index is 14.6. The van der Waals surface area contributed by atoms with Crippen LogP contribution in [-0.2, 0) is 4.79 Å². The minimum Gasteiger partial charge on any atom is -0.352 e. The maximum Gasteiger partial charge on any atom is 0.315 e. The van der Waals surface area contributed by atoms with E-state index in [4.69, 9.17) is 17.3 Å². The van der Waals surface area contributed by atoms with Crippen LogP contribution in [0, 0.1) is 23.6 Å². The molecule has 30 heavy (non-hydrogen) atoms. The highest BCUT2D eigenvalue weighted by Gasteiger charge is 2.60. The number of hydrogen-bond acceptors (Lipinski definition) is 2. The van der Waals surface area contributed by atoms with Gasteiger partial charge < -0.3 is 16.0 Å². The molecule has 3 N–H and O–H groups in total. The molecule has 5 nitrogen and oxygen atoms in total. The van der Waals surface area contributed by atoms with Gasteiger partial charge in [-0.05, 0) is 56.2 Å². The molecule has 1 aromatic rings. The number of piperazine rings is 1. The van der Waals surface area contributed by atoms with E-state index in [-0.39, 0.29) is 36.9 Å². The molecule has 0 aromatic heterocycles. The molecule has 1 aliphatic heterocycles. The van der Waals surface area contributed by atoms with Crippen LogP contribution in [0.4, 0.5) is 18.0 Å². The Hall–Kier alpha value is -1.96. The summed E-state index contributed by atoms with van der Waals surface area (Å²) in [5.74, 6) is -6.22. The number of alkyl halides is 2. The summed E-state index contributed by atoms with van der Waals surface area (Å²) in [6.45, 7) is 2.07. The van der Waals surface area contributed by atoms with E-state index in [1.807, 2.05) is 0 Å². The second kappa shape index (κ2) is 7.32. The van der Waals surface area contributed by atoms with Gasteiger partial charge in [-0.25, -0.2) is 18.0 Å². The molecule has 9 heteroatoms. The largest absolute Gasteiger partial charge is 0.352 e. The summed E-state index contributed by atoms with van der Waals surface area (Å²) >= 11 is 6.03. The lowest BCUT2D eigenvalue weighted by Crippen LogP contribution is -2.69. The molecule has 3 fully saturated rings. The summed E-state index contributed by atoms with van der Waals surface area (Å²) in [5.41, 5.74) is 4.76. The number of nitrogens with two attached hydrogens (primary N) is 1. The number of amides is 3. The van der Waals surface area contributed by atoms with Gasteiger partial charge in [-0.3, -0.25) is 4.79 Å². The first-order valence-electron chi connectivity index (χ1n) is 10.2. The van der Waals surface area contributed by atoms with Crippen molar-refractivity contribution >= 4 is 23.5 Å². The van der Waals surface area contributed by atoms with E-state index in [2.05, 4.69) is 5.32 Å². The Bertz CT molecular complexity index is 867. The van der Waals surface area contributed by atoms with E-state index in [1.54, 1.807) is 6.92 Å². The molecule has 2 bridgehead atoms. The maximum atomic E-state index is 14.6. The van der Waals surface area contributed by atoms with Gasteiger partial charge in [-0.15, -0.1) is 0 Å². The summed E-state index contributed by atoms with van der Waals surface area (Å²) < 4.78 is 43.1. The number of nitrogens with one attached hydrogen (secondary N) is 1. The molecule has 4 atom stereocenters. The fourth-order valence-electron chi connectivity index (χ4n) is 5.99. The highest BCUT2D eigenvalue weighted by atomic mass is 35.5. The number of benzene rings is 1. The van der Waals surface area contributed by atoms with Crippen molar-refractivity contribution in [1.29, 1.82) is 0 Å². The molecule has 0 spiro atoms. The molecule has 1 heterocycles.